The molecule has 0 unspecified atom stereocenters. The SMILES string of the molecule is CB1OC(C)(C)c2cc(CC(=O)[C@@H](CCc3ccc(C(F)(F)F)cc3)NC(=O)[C@@H](N)CCC(=O)N(CCN)CCN)ccc21. The highest BCUT2D eigenvalue weighted by Gasteiger charge is 2.38. The lowest BCUT2D eigenvalue weighted by molar-refractivity contribution is -0.137. The van der Waals surface area contributed by atoms with Crippen LogP contribution in [-0.2, 0) is 43.7 Å². The van der Waals surface area contributed by atoms with E-state index >= 15 is 0 Å². The van der Waals surface area contributed by atoms with Gasteiger partial charge in [-0.15, -0.1) is 0 Å². The van der Waals surface area contributed by atoms with Crippen molar-refractivity contribution < 1.29 is 32.2 Å². The molecule has 2 atom stereocenters. The molecule has 0 saturated heterocycles. The van der Waals surface area contributed by atoms with Crippen molar-refractivity contribution in [2.24, 2.45) is 17.2 Å². The molecule has 0 saturated carbocycles. The third-order valence-corrected chi connectivity index (χ3v) is 7.92. The minimum absolute atomic E-state index is 0.00413. The van der Waals surface area contributed by atoms with E-state index in [4.69, 9.17) is 21.9 Å². The number of ketones is 1. The van der Waals surface area contributed by atoms with Crippen LogP contribution in [0.15, 0.2) is 42.5 Å². The van der Waals surface area contributed by atoms with Gasteiger partial charge in [0.2, 0.25) is 11.8 Å². The zero-order valence-electron chi connectivity index (χ0n) is 25.6. The maximum atomic E-state index is 13.6. The molecule has 240 valence electrons. The Hall–Kier alpha value is -3.26. The molecule has 0 aliphatic carbocycles. The second kappa shape index (κ2) is 15.2. The number of alkyl halides is 3. The van der Waals surface area contributed by atoms with Gasteiger partial charge in [0.1, 0.15) is 0 Å². The van der Waals surface area contributed by atoms with Gasteiger partial charge in [0.25, 0.3) is 0 Å². The van der Waals surface area contributed by atoms with E-state index < -0.39 is 35.3 Å². The van der Waals surface area contributed by atoms with Gasteiger partial charge in [-0.05, 0) is 67.4 Å². The average Bonchev–Trinajstić information content (AvgIpc) is 3.20. The quantitative estimate of drug-likeness (QED) is 0.223. The number of hydrogen-bond acceptors (Lipinski definition) is 7. The summed E-state index contributed by atoms with van der Waals surface area (Å²) in [7, 11) is 0. The molecule has 0 aromatic heterocycles. The zero-order valence-corrected chi connectivity index (χ0v) is 25.6. The van der Waals surface area contributed by atoms with E-state index in [2.05, 4.69) is 5.32 Å². The first-order valence-corrected chi connectivity index (χ1v) is 14.9. The van der Waals surface area contributed by atoms with E-state index in [-0.39, 0.29) is 63.8 Å². The van der Waals surface area contributed by atoms with Crippen molar-refractivity contribution in [2.45, 2.75) is 76.6 Å². The number of fused-ring (bicyclic) bond motifs is 1. The second-order valence-electron chi connectivity index (χ2n) is 11.7. The number of carbonyl (C=O) groups is 3. The number of carbonyl (C=O) groups excluding carboxylic acids is 3. The third kappa shape index (κ3) is 9.37. The van der Waals surface area contributed by atoms with Crippen LogP contribution in [0.1, 0.15) is 55.4 Å². The summed E-state index contributed by atoms with van der Waals surface area (Å²) in [6.45, 7) is 7.04. The molecule has 13 heteroatoms. The van der Waals surface area contributed by atoms with Crippen LogP contribution in [0.3, 0.4) is 0 Å². The lowest BCUT2D eigenvalue weighted by Crippen LogP contribution is -2.49. The molecule has 1 aliphatic rings. The summed E-state index contributed by atoms with van der Waals surface area (Å²) in [4.78, 5) is 40.8. The Kier molecular flexibility index (Phi) is 12.1. The number of rotatable bonds is 15. The first kappa shape index (κ1) is 35.2. The topological polar surface area (TPSA) is 154 Å². The molecule has 0 fully saturated rings. The molecule has 2 aromatic carbocycles. The summed E-state index contributed by atoms with van der Waals surface area (Å²) < 4.78 is 45.1. The maximum Gasteiger partial charge on any atom is 0.416 e. The van der Waals surface area contributed by atoms with Crippen molar-refractivity contribution in [2.75, 3.05) is 26.2 Å². The highest BCUT2D eigenvalue weighted by Crippen LogP contribution is 2.31. The summed E-state index contributed by atoms with van der Waals surface area (Å²) in [5.74, 6) is -1.09. The summed E-state index contributed by atoms with van der Waals surface area (Å²) >= 11 is 0. The van der Waals surface area contributed by atoms with Gasteiger partial charge in [0.05, 0.1) is 23.2 Å². The Morgan fingerprint density at radius 1 is 1.00 bits per heavy atom. The van der Waals surface area contributed by atoms with Crippen LogP contribution in [0.5, 0.6) is 0 Å². The fourth-order valence-electron chi connectivity index (χ4n) is 5.49. The molecule has 7 N–H and O–H groups in total. The van der Waals surface area contributed by atoms with Crippen LogP contribution in [0.25, 0.3) is 0 Å². The first-order valence-electron chi connectivity index (χ1n) is 14.9. The van der Waals surface area contributed by atoms with Crippen LogP contribution in [0.2, 0.25) is 6.82 Å². The van der Waals surface area contributed by atoms with Crippen LogP contribution < -0.4 is 28.0 Å². The van der Waals surface area contributed by atoms with Gasteiger partial charge in [-0.25, -0.2) is 0 Å². The van der Waals surface area contributed by atoms with Gasteiger partial charge in [-0.3, -0.25) is 14.4 Å². The molecule has 2 amide bonds. The van der Waals surface area contributed by atoms with Gasteiger partial charge in [0, 0.05) is 39.0 Å². The molecular formula is C31H43BF3N5O4. The third-order valence-electron chi connectivity index (χ3n) is 7.92. The Balaban J connectivity index is 1.72. The number of amides is 2. The van der Waals surface area contributed by atoms with E-state index in [1.54, 1.807) is 0 Å². The Morgan fingerprint density at radius 2 is 1.61 bits per heavy atom. The van der Waals surface area contributed by atoms with E-state index in [9.17, 15) is 27.6 Å². The van der Waals surface area contributed by atoms with E-state index in [0.717, 1.165) is 28.7 Å². The van der Waals surface area contributed by atoms with Gasteiger partial charge in [-0.1, -0.05) is 37.2 Å². The predicted molar refractivity (Wildman–Crippen MR) is 164 cm³/mol. The van der Waals surface area contributed by atoms with E-state index in [1.807, 2.05) is 38.9 Å². The Morgan fingerprint density at radius 3 is 2.20 bits per heavy atom. The number of benzene rings is 2. The average molecular weight is 618 g/mol. The van der Waals surface area contributed by atoms with E-state index in [0.29, 0.717) is 18.7 Å². The fraction of sp³-hybridized carbons (Fsp3) is 0.516. The second-order valence-corrected chi connectivity index (χ2v) is 11.7. The van der Waals surface area contributed by atoms with Gasteiger partial charge < -0.3 is 32.1 Å². The smallest absolute Gasteiger partial charge is 0.416 e. The van der Waals surface area contributed by atoms with Crippen molar-refractivity contribution in [1.82, 2.24) is 10.2 Å². The van der Waals surface area contributed by atoms with Gasteiger partial charge >= 0.3 is 13.1 Å². The number of halogens is 3. The largest absolute Gasteiger partial charge is 0.422 e. The van der Waals surface area contributed by atoms with Crippen LogP contribution >= 0.6 is 0 Å². The monoisotopic (exact) mass is 617 g/mol. The molecule has 44 heavy (non-hydrogen) atoms. The van der Waals surface area contributed by atoms with Crippen LogP contribution in [0.4, 0.5) is 13.2 Å². The molecule has 2 aromatic rings. The van der Waals surface area contributed by atoms with Crippen LogP contribution in [-0.4, -0.2) is 67.7 Å². The van der Waals surface area contributed by atoms with E-state index in [1.165, 1.54) is 17.0 Å². The van der Waals surface area contributed by atoms with Crippen molar-refractivity contribution in [1.29, 1.82) is 0 Å². The number of nitrogens with one attached hydrogen (secondary N) is 1. The van der Waals surface area contributed by atoms with Crippen LogP contribution in [0, 0.1) is 0 Å². The molecule has 0 spiro atoms. The number of Topliss-reactive ketones (excluding diaryl/α,β-unsaturated/α-hetero) is 1. The van der Waals surface area contributed by atoms with Crippen molar-refractivity contribution in [3.8, 4) is 0 Å². The molecular weight excluding hydrogens is 574 g/mol. The number of nitrogens with two attached hydrogens (primary N) is 3. The summed E-state index contributed by atoms with van der Waals surface area (Å²) in [5, 5.41) is 2.74. The Labute approximate surface area is 257 Å². The summed E-state index contributed by atoms with van der Waals surface area (Å²) in [6.07, 6.45) is -3.98. The fourth-order valence-corrected chi connectivity index (χ4v) is 5.49. The van der Waals surface area contributed by atoms with Crippen molar-refractivity contribution >= 4 is 30.0 Å². The van der Waals surface area contributed by atoms with Gasteiger partial charge in [0.15, 0.2) is 5.78 Å². The minimum atomic E-state index is -4.46. The molecule has 9 nitrogen and oxygen atoms in total. The molecule has 3 rings (SSSR count). The predicted octanol–water partition coefficient (Wildman–Crippen LogP) is 1.88. The lowest BCUT2D eigenvalue weighted by Gasteiger charge is -2.23. The van der Waals surface area contributed by atoms with Crippen molar-refractivity contribution in [3.63, 3.8) is 0 Å². The lowest BCUT2D eigenvalue weighted by atomic mass is 9.64. The molecule has 0 bridgehead atoms. The molecule has 0 radical (unpaired) electrons. The molecule has 1 heterocycles. The van der Waals surface area contributed by atoms with Crippen molar-refractivity contribution in [3.05, 3.63) is 64.7 Å². The highest BCUT2D eigenvalue weighted by atomic mass is 19.4. The number of nitrogens with zero attached hydrogens (tertiary/aromatic N) is 1. The first-order chi connectivity index (χ1) is 20.7. The molecule has 1 aliphatic heterocycles. The highest BCUT2D eigenvalue weighted by molar-refractivity contribution is 6.67. The minimum Gasteiger partial charge on any atom is -0.422 e. The maximum absolute atomic E-state index is 13.6. The number of hydrogen-bond donors (Lipinski definition) is 4. The van der Waals surface area contributed by atoms with Gasteiger partial charge in [-0.2, -0.15) is 13.2 Å². The standard InChI is InChI=1S/C31H43BF3N5O4/c1-30(2)23-18-21(6-10-24(23)32(3)44-30)19-27(41)26(12-7-20-4-8-22(9-5-20)31(33,34)35)39-29(43)25(38)11-13-28(42)40(16-14-36)17-15-37/h4-6,8-10,18,25-26H,7,11-17,19,36-38H2,1-3H3,(H,39,43)/t25-,26+/m0/s1. The number of aryl methyl sites for hydroxylation is 1. The summed E-state index contributed by atoms with van der Waals surface area (Å²) in [6, 6.07) is 8.45. The Bertz CT molecular complexity index is 1300. The summed E-state index contributed by atoms with van der Waals surface area (Å²) in [5.41, 5.74) is 19.4. The zero-order chi connectivity index (χ0) is 32.7. The normalized spacial score (nSPS) is 15.4.